The second kappa shape index (κ2) is 6.14. The van der Waals surface area contributed by atoms with Gasteiger partial charge in [-0.15, -0.1) is 0 Å². The zero-order valence-electron chi connectivity index (χ0n) is 9.54. The highest BCUT2D eigenvalue weighted by molar-refractivity contribution is 7.87. The van der Waals surface area contributed by atoms with Gasteiger partial charge < -0.3 is 10.2 Å². The first kappa shape index (κ1) is 15.3. The van der Waals surface area contributed by atoms with E-state index in [1.807, 2.05) is 4.72 Å². The van der Waals surface area contributed by atoms with E-state index >= 15 is 0 Å². The lowest BCUT2D eigenvalue weighted by Gasteiger charge is -2.23. The zero-order chi connectivity index (χ0) is 12.9. The number of carbonyl (C=O) groups is 1. The van der Waals surface area contributed by atoms with Crippen molar-refractivity contribution in [3.63, 3.8) is 0 Å². The van der Waals surface area contributed by atoms with Gasteiger partial charge in [-0.05, 0) is 20.3 Å². The summed E-state index contributed by atoms with van der Waals surface area (Å²) in [6, 6.07) is -1.59. The number of carboxylic acid groups (broad SMARTS) is 1. The summed E-state index contributed by atoms with van der Waals surface area (Å²) in [5.41, 5.74) is 0. The third kappa shape index (κ3) is 4.44. The van der Waals surface area contributed by atoms with Gasteiger partial charge in [-0.25, -0.2) is 0 Å². The maximum atomic E-state index is 11.6. The SMILES string of the molecule is CC(C)N(C)S(=O)(=O)NC(CCO)C(=O)O. The molecule has 0 saturated carbocycles. The van der Waals surface area contributed by atoms with Crippen LogP contribution in [0.1, 0.15) is 20.3 Å². The number of hydrogen-bond donors (Lipinski definition) is 3. The van der Waals surface area contributed by atoms with Gasteiger partial charge >= 0.3 is 5.97 Å². The molecule has 0 heterocycles. The molecule has 0 amide bonds. The molecule has 0 aromatic heterocycles. The van der Waals surface area contributed by atoms with Crippen molar-refractivity contribution in [3.8, 4) is 0 Å². The van der Waals surface area contributed by atoms with E-state index in [4.69, 9.17) is 10.2 Å². The van der Waals surface area contributed by atoms with Gasteiger partial charge in [0, 0.05) is 19.7 Å². The molecule has 0 aromatic rings. The Morgan fingerprint density at radius 2 is 1.94 bits per heavy atom. The number of aliphatic carboxylic acids is 1. The molecule has 8 heteroatoms. The lowest BCUT2D eigenvalue weighted by molar-refractivity contribution is -0.139. The number of aliphatic hydroxyl groups excluding tert-OH is 1. The maximum absolute atomic E-state index is 11.6. The highest BCUT2D eigenvalue weighted by Crippen LogP contribution is 2.03. The summed E-state index contributed by atoms with van der Waals surface area (Å²) >= 11 is 0. The van der Waals surface area contributed by atoms with Crippen LogP contribution < -0.4 is 4.72 Å². The first-order valence-electron chi connectivity index (χ1n) is 4.81. The van der Waals surface area contributed by atoms with Gasteiger partial charge in [0.25, 0.3) is 10.2 Å². The summed E-state index contributed by atoms with van der Waals surface area (Å²) in [5.74, 6) is -1.31. The largest absolute Gasteiger partial charge is 0.480 e. The van der Waals surface area contributed by atoms with Crippen LogP contribution in [-0.4, -0.2) is 54.6 Å². The van der Waals surface area contributed by atoms with Crippen molar-refractivity contribution in [2.45, 2.75) is 32.4 Å². The fourth-order valence-corrected chi connectivity index (χ4v) is 2.20. The van der Waals surface area contributed by atoms with Gasteiger partial charge in [-0.1, -0.05) is 0 Å². The summed E-state index contributed by atoms with van der Waals surface area (Å²) in [4.78, 5) is 10.7. The standard InChI is InChI=1S/C8H18N2O5S/c1-6(2)10(3)16(14,15)9-7(4-5-11)8(12)13/h6-7,9,11H,4-5H2,1-3H3,(H,12,13). The summed E-state index contributed by atoms with van der Waals surface area (Å²) in [5, 5.41) is 17.3. The molecule has 16 heavy (non-hydrogen) atoms. The molecule has 0 fully saturated rings. The molecular formula is C8H18N2O5S. The van der Waals surface area contributed by atoms with Crippen LogP contribution in [0.5, 0.6) is 0 Å². The molecule has 0 spiro atoms. The van der Waals surface area contributed by atoms with E-state index < -0.39 is 28.8 Å². The lowest BCUT2D eigenvalue weighted by Crippen LogP contribution is -2.49. The Labute approximate surface area is 95.2 Å². The van der Waals surface area contributed by atoms with Crippen molar-refractivity contribution in [1.29, 1.82) is 0 Å². The van der Waals surface area contributed by atoms with Gasteiger partial charge in [-0.3, -0.25) is 4.79 Å². The quantitative estimate of drug-likeness (QED) is 0.540. The minimum atomic E-state index is -3.83. The molecule has 0 aliphatic carbocycles. The second-order valence-electron chi connectivity index (χ2n) is 3.64. The number of hydrogen-bond acceptors (Lipinski definition) is 4. The molecule has 7 nitrogen and oxygen atoms in total. The molecule has 0 aliphatic heterocycles. The number of aliphatic hydroxyl groups is 1. The van der Waals surface area contributed by atoms with Crippen LogP contribution in [0.2, 0.25) is 0 Å². The van der Waals surface area contributed by atoms with Gasteiger partial charge in [0.05, 0.1) is 0 Å². The predicted molar refractivity (Wildman–Crippen MR) is 58.1 cm³/mol. The lowest BCUT2D eigenvalue weighted by atomic mass is 10.2. The van der Waals surface area contributed by atoms with Crippen LogP contribution in [0.4, 0.5) is 0 Å². The van der Waals surface area contributed by atoms with Gasteiger partial charge in [0.1, 0.15) is 6.04 Å². The van der Waals surface area contributed by atoms with Crippen molar-refractivity contribution in [1.82, 2.24) is 9.03 Å². The summed E-state index contributed by atoms with van der Waals surface area (Å²) in [7, 11) is -2.48. The van der Waals surface area contributed by atoms with E-state index in [9.17, 15) is 13.2 Å². The average Bonchev–Trinajstić information content (AvgIpc) is 2.15. The molecular weight excluding hydrogens is 236 g/mol. The van der Waals surface area contributed by atoms with Gasteiger partial charge in [0.2, 0.25) is 0 Å². The van der Waals surface area contributed by atoms with Crippen LogP contribution in [-0.2, 0) is 15.0 Å². The normalized spacial score (nSPS) is 14.4. The molecule has 0 bridgehead atoms. The minimum absolute atomic E-state index is 0.166. The van der Waals surface area contributed by atoms with Crippen LogP contribution in [0.15, 0.2) is 0 Å². The molecule has 0 rings (SSSR count). The van der Waals surface area contributed by atoms with Crippen molar-refractivity contribution >= 4 is 16.2 Å². The molecule has 0 aliphatic rings. The first-order chi connectivity index (χ1) is 7.22. The van der Waals surface area contributed by atoms with Crippen LogP contribution >= 0.6 is 0 Å². The van der Waals surface area contributed by atoms with Crippen LogP contribution in [0.3, 0.4) is 0 Å². The van der Waals surface area contributed by atoms with E-state index in [2.05, 4.69) is 0 Å². The first-order valence-corrected chi connectivity index (χ1v) is 6.25. The van der Waals surface area contributed by atoms with Crippen molar-refractivity contribution < 1.29 is 23.4 Å². The number of rotatable bonds is 7. The summed E-state index contributed by atoms with van der Waals surface area (Å²) < 4.78 is 26.3. The van der Waals surface area contributed by atoms with Crippen LogP contribution in [0.25, 0.3) is 0 Å². The fraction of sp³-hybridized carbons (Fsp3) is 0.875. The highest BCUT2D eigenvalue weighted by Gasteiger charge is 2.27. The van der Waals surface area contributed by atoms with Crippen molar-refractivity contribution in [2.24, 2.45) is 0 Å². The Hall–Kier alpha value is -0.700. The average molecular weight is 254 g/mol. The molecule has 0 aromatic carbocycles. The Bertz CT molecular complexity index is 327. The minimum Gasteiger partial charge on any atom is -0.480 e. The third-order valence-electron chi connectivity index (χ3n) is 2.11. The van der Waals surface area contributed by atoms with Gasteiger partial charge in [-0.2, -0.15) is 17.4 Å². The predicted octanol–water partition coefficient (Wildman–Crippen LogP) is -1.00. The number of nitrogens with one attached hydrogen (secondary N) is 1. The Balaban J connectivity index is 4.73. The smallest absolute Gasteiger partial charge is 0.321 e. The molecule has 96 valence electrons. The second-order valence-corrected chi connectivity index (χ2v) is 5.40. The van der Waals surface area contributed by atoms with Crippen molar-refractivity contribution in [3.05, 3.63) is 0 Å². The molecule has 1 unspecified atom stereocenters. The zero-order valence-corrected chi connectivity index (χ0v) is 10.4. The van der Waals surface area contributed by atoms with Gasteiger partial charge in [0.15, 0.2) is 0 Å². The van der Waals surface area contributed by atoms with E-state index in [0.29, 0.717) is 0 Å². The van der Waals surface area contributed by atoms with E-state index in [-0.39, 0.29) is 12.5 Å². The Morgan fingerprint density at radius 1 is 1.44 bits per heavy atom. The monoisotopic (exact) mass is 254 g/mol. The fourth-order valence-electron chi connectivity index (χ4n) is 0.902. The molecule has 0 radical (unpaired) electrons. The molecule has 1 atom stereocenters. The van der Waals surface area contributed by atoms with E-state index in [0.717, 1.165) is 4.31 Å². The maximum Gasteiger partial charge on any atom is 0.321 e. The van der Waals surface area contributed by atoms with E-state index in [1.165, 1.54) is 7.05 Å². The van der Waals surface area contributed by atoms with E-state index in [1.54, 1.807) is 13.8 Å². The third-order valence-corrected chi connectivity index (χ3v) is 3.88. The molecule has 3 N–H and O–H groups in total. The Morgan fingerprint density at radius 3 is 2.25 bits per heavy atom. The number of nitrogens with zero attached hydrogens (tertiary/aromatic N) is 1. The van der Waals surface area contributed by atoms with Crippen molar-refractivity contribution in [2.75, 3.05) is 13.7 Å². The summed E-state index contributed by atoms with van der Waals surface area (Å²) in [6.45, 7) is 2.94. The number of carboxylic acids is 1. The summed E-state index contributed by atoms with van der Waals surface area (Å²) in [6.07, 6.45) is -0.166. The van der Waals surface area contributed by atoms with Crippen LogP contribution in [0, 0.1) is 0 Å². The topological polar surface area (TPSA) is 107 Å². The molecule has 0 saturated heterocycles. The highest BCUT2D eigenvalue weighted by atomic mass is 32.2. The Kier molecular flexibility index (Phi) is 5.87.